The third kappa shape index (κ3) is 3.89. The van der Waals surface area contributed by atoms with Gasteiger partial charge >= 0.3 is 0 Å². The van der Waals surface area contributed by atoms with Gasteiger partial charge < -0.3 is 10.1 Å². The molecule has 2 heterocycles. The maximum atomic E-state index is 13.0. The lowest BCUT2D eigenvalue weighted by Gasteiger charge is -2.16. The average molecular weight is 456 g/mol. The van der Waals surface area contributed by atoms with Crippen molar-refractivity contribution in [2.75, 3.05) is 32.1 Å². The largest absolute Gasteiger partial charge is 0.497 e. The van der Waals surface area contributed by atoms with Crippen molar-refractivity contribution in [1.82, 2.24) is 9.21 Å². The van der Waals surface area contributed by atoms with E-state index in [0.717, 1.165) is 17.7 Å². The Morgan fingerprint density at radius 1 is 1.00 bits per heavy atom. The molecule has 0 radical (unpaired) electrons. The molecule has 2 aliphatic rings. The van der Waals surface area contributed by atoms with Crippen LogP contribution in [-0.4, -0.2) is 56.2 Å². The van der Waals surface area contributed by atoms with Crippen LogP contribution in [0.2, 0.25) is 0 Å². The van der Waals surface area contributed by atoms with E-state index in [4.69, 9.17) is 4.74 Å². The highest BCUT2D eigenvalue weighted by atomic mass is 32.2. The summed E-state index contributed by atoms with van der Waals surface area (Å²) in [7, 11) is -2.06. The van der Waals surface area contributed by atoms with E-state index < -0.39 is 21.8 Å². The molecule has 0 spiro atoms. The van der Waals surface area contributed by atoms with E-state index in [0.29, 0.717) is 30.1 Å². The molecule has 1 fully saturated rings. The number of hydrogen-bond acceptors (Lipinski definition) is 6. The van der Waals surface area contributed by atoms with Crippen LogP contribution in [0.15, 0.2) is 59.1 Å². The fraction of sp³-hybridized carbons (Fsp3) is 0.304. The molecule has 2 aromatic carbocycles. The average Bonchev–Trinajstić information content (AvgIpc) is 3.42. The topological polar surface area (TPSA) is 96.0 Å². The first-order valence-electron chi connectivity index (χ1n) is 10.5. The van der Waals surface area contributed by atoms with Gasteiger partial charge in [-0.3, -0.25) is 14.5 Å². The van der Waals surface area contributed by atoms with Gasteiger partial charge in [0.15, 0.2) is 0 Å². The summed E-state index contributed by atoms with van der Waals surface area (Å²) < 4.78 is 32.5. The second kappa shape index (κ2) is 8.76. The van der Waals surface area contributed by atoms with Crippen molar-refractivity contribution in [1.29, 1.82) is 0 Å². The number of methoxy groups -OCH3 is 1. The number of carbonyl (C=O) groups is 2. The van der Waals surface area contributed by atoms with Gasteiger partial charge in [0.2, 0.25) is 10.0 Å². The zero-order chi connectivity index (χ0) is 22.9. The molecular formula is C23H25N3O5S. The van der Waals surface area contributed by atoms with Gasteiger partial charge in [-0.15, -0.1) is 0 Å². The zero-order valence-corrected chi connectivity index (χ0v) is 18.8. The van der Waals surface area contributed by atoms with E-state index >= 15 is 0 Å². The molecule has 0 atom stereocenters. The normalized spacial score (nSPS) is 17.4. The summed E-state index contributed by atoms with van der Waals surface area (Å²) in [6.07, 6.45) is 1.69. The highest BCUT2D eigenvalue weighted by molar-refractivity contribution is 7.89. The number of likely N-dealkylation sites (N-methyl/N-ethyl adjacent to an activating group) is 1. The Labute approximate surface area is 187 Å². The van der Waals surface area contributed by atoms with Crippen LogP contribution in [0.4, 0.5) is 5.69 Å². The van der Waals surface area contributed by atoms with Crippen LogP contribution in [0.3, 0.4) is 0 Å². The van der Waals surface area contributed by atoms with Crippen molar-refractivity contribution in [2.45, 2.75) is 24.7 Å². The minimum Gasteiger partial charge on any atom is -0.497 e. The van der Waals surface area contributed by atoms with Crippen LogP contribution >= 0.6 is 0 Å². The first-order valence-corrected chi connectivity index (χ1v) is 11.9. The Hall–Kier alpha value is -3.17. The third-order valence-electron chi connectivity index (χ3n) is 5.67. The summed E-state index contributed by atoms with van der Waals surface area (Å²) in [4.78, 5) is 27.3. The number of anilines is 1. The number of sulfonamides is 1. The van der Waals surface area contributed by atoms with Gasteiger partial charge in [-0.2, -0.15) is 4.31 Å². The molecule has 8 nitrogen and oxygen atoms in total. The smallest absolute Gasteiger partial charge is 0.278 e. The molecule has 1 saturated heterocycles. The summed E-state index contributed by atoms with van der Waals surface area (Å²) in [6.45, 7) is 2.97. The minimum atomic E-state index is -3.61. The van der Waals surface area contributed by atoms with Crippen molar-refractivity contribution < 1.29 is 22.7 Å². The molecule has 2 aromatic rings. The minimum absolute atomic E-state index is 0.123. The van der Waals surface area contributed by atoms with E-state index in [1.807, 2.05) is 0 Å². The molecule has 9 heteroatoms. The number of nitrogens with one attached hydrogen (secondary N) is 1. The molecule has 168 valence electrons. The summed E-state index contributed by atoms with van der Waals surface area (Å²) in [6, 6.07) is 13.2. The van der Waals surface area contributed by atoms with Crippen LogP contribution in [0.5, 0.6) is 5.75 Å². The Morgan fingerprint density at radius 2 is 1.69 bits per heavy atom. The molecular weight excluding hydrogens is 430 g/mol. The number of nitrogens with zero attached hydrogens (tertiary/aromatic N) is 2. The number of amides is 2. The maximum absolute atomic E-state index is 13.0. The van der Waals surface area contributed by atoms with Gasteiger partial charge in [0, 0.05) is 25.3 Å². The predicted octanol–water partition coefficient (Wildman–Crippen LogP) is 2.69. The zero-order valence-electron chi connectivity index (χ0n) is 18.0. The van der Waals surface area contributed by atoms with Gasteiger partial charge in [0.1, 0.15) is 11.4 Å². The Balaban J connectivity index is 1.72. The number of carbonyl (C=O) groups excluding carboxylic acids is 2. The molecule has 4 rings (SSSR count). The van der Waals surface area contributed by atoms with Crippen molar-refractivity contribution in [3.63, 3.8) is 0 Å². The molecule has 2 amide bonds. The molecule has 0 aliphatic carbocycles. The molecule has 0 unspecified atom stereocenters. The summed E-state index contributed by atoms with van der Waals surface area (Å²) in [5.41, 5.74) is 1.36. The SMILES string of the molecule is CCN1C(=O)C(Nc2cccc(S(=O)(=O)N3CCCC3)c2)=C(c2ccc(OC)cc2)C1=O. The number of ether oxygens (including phenoxy) is 1. The fourth-order valence-electron chi connectivity index (χ4n) is 3.96. The number of hydrogen-bond donors (Lipinski definition) is 1. The molecule has 1 N–H and O–H groups in total. The Bertz CT molecular complexity index is 1180. The van der Waals surface area contributed by atoms with Gasteiger partial charge in [0.05, 0.1) is 17.6 Å². The van der Waals surface area contributed by atoms with Gasteiger partial charge in [-0.1, -0.05) is 18.2 Å². The van der Waals surface area contributed by atoms with Crippen LogP contribution in [0.25, 0.3) is 5.57 Å². The summed E-state index contributed by atoms with van der Waals surface area (Å²) in [5.74, 6) is -0.213. The molecule has 0 aromatic heterocycles. The van der Waals surface area contributed by atoms with Crippen LogP contribution in [0.1, 0.15) is 25.3 Å². The standard InChI is InChI=1S/C23H25N3O5S/c1-3-26-22(27)20(16-9-11-18(31-2)12-10-16)21(23(26)28)24-17-7-6-8-19(15-17)32(29,30)25-13-4-5-14-25/h6-12,15,24H,3-5,13-14H2,1-2H3. The predicted molar refractivity (Wildman–Crippen MR) is 120 cm³/mol. The van der Waals surface area contributed by atoms with Crippen molar-refractivity contribution in [3.05, 3.63) is 59.8 Å². The van der Waals surface area contributed by atoms with Crippen molar-refractivity contribution >= 4 is 33.1 Å². The van der Waals surface area contributed by atoms with Gasteiger partial charge in [-0.25, -0.2) is 8.42 Å². The molecule has 0 saturated carbocycles. The molecule has 0 bridgehead atoms. The highest BCUT2D eigenvalue weighted by Crippen LogP contribution is 2.32. The second-order valence-corrected chi connectivity index (χ2v) is 9.54. The van der Waals surface area contributed by atoms with E-state index in [1.54, 1.807) is 50.4 Å². The molecule has 32 heavy (non-hydrogen) atoms. The highest BCUT2D eigenvalue weighted by Gasteiger charge is 2.38. The van der Waals surface area contributed by atoms with E-state index in [-0.39, 0.29) is 22.7 Å². The van der Waals surface area contributed by atoms with E-state index in [1.165, 1.54) is 16.4 Å². The lowest BCUT2D eigenvalue weighted by atomic mass is 10.0. The van der Waals surface area contributed by atoms with Gasteiger partial charge in [0.25, 0.3) is 11.8 Å². The Morgan fingerprint density at radius 3 is 2.31 bits per heavy atom. The third-order valence-corrected chi connectivity index (χ3v) is 7.56. The van der Waals surface area contributed by atoms with Crippen LogP contribution < -0.4 is 10.1 Å². The first-order chi connectivity index (χ1) is 15.4. The molecule has 2 aliphatic heterocycles. The van der Waals surface area contributed by atoms with Crippen molar-refractivity contribution in [3.8, 4) is 5.75 Å². The fourth-order valence-corrected chi connectivity index (χ4v) is 5.52. The summed E-state index contributed by atoms with van der Waals surface area (Å²) in [5, 5.41) is 3.02. The maximum Gasteiger partial charge on any atom is 0.278 e. The number of rotatable bonds is 7. The van der Waals surface area contributed by atoms with E-state index in [2.05, 4.69) is 5.32 Å². The number of benzene rings is 2. The Kier molecular flexibility index (Phi) is 6.03. The lowest BCUT2D eigenvalue weighted by molar-refractivity contribution is -0.136. The number of imide groups is 1. The summed E-state index contributed by atoms with van der Waals surface area (Å²) >= 11 is 0. The quantitative estimate of drug-likeness (QED) is 0.645. The van der Waals surface area contributed by atoms with Crippen molar-refractivity contribution in [2.24, 2.45) is 0 Å². The lowest BCUT2D eigenvalue weighted by Crippen LogP contribution is -2.32. The van der Waals surface area contributed by atoms with Crippen LogP contribution in [-0.2, 0) is 19.6 Å². The monoisotopic (exact) mass is 455 g/mol. The van der Waals surface area contributed by atoms with Crippen LogP contribution in [0, 0.1) is 0 Å². The van der Waals surface area contributed by atoms with E-state index in [9.17, 15) is 18.0 Å². The van der Waals surface area contributed by atoms with Gasteiger partial charge in [-0.05, 0) is 55.7 Å². The second-order valence-electron chi connectivity index (χ2n) is 7.60. The first kappa shape index (κ1) is 22.0.